The number of hydrogen-bond donors (Lipinski definition) is 1. The van der Waals surface area contributed by atoms with Gasteiger partial charge >= 0.3 is 0 Å². The average molecular weight is 453 g/mol. The average Bonchev–Trinajstić information content (AvgIpc) is 3.22. The van der Waals surface area contributed by atoms with Crippen LogP contribution in [0.25, 0.3) is 11.4 Å². The molecule has 0 aliphatic rings. The fraction of sp³-hybridized carbons (Fsp3) is 0.0870. The summed E-state index contributed by atoms with van der Waals surface area (Å²) in [6, 6.07) is 21.8. The maximum absolute atomic E-state index is 13.2. The summed E-state index contributed by atoms with van der Waals surface area (Å²) in [6.45, 7) is 0.475. The van der Waals surface area contributed by atoms with Crippen LogP contribution in [-0.4, -0.2) is 27.8 Å². The Morgan fingerprint density at radius 3 is 2.45 bits per heavy atom. The van der Waals surface area contributed by atoms with Crippen molar-refractivity contribution in [2.45, 2.75) is 6.54 Å². The molecule has 0 radical (unpaired) electrons. The van der Waals surface area contributed by atoms with E-state index in [0.717, 1.165) is 16.9 Å². The number of ether oxygens (including phenoxy) is 1. The van der Waals surface area contributed by atoms with Crippen LogP contribution in [-0.2, 0) is 6.54 Å². The molecule has 0 spiro atoms. The molecule has 6 nitrogen and oxygen atoms in total. The maximum atomic E-state index is 13.2. The van der Waals surface area contributed by atoms with Crippen molar-refractivity contribution < 1.29 is 9.53 Å². The van der Waals surface area contributed by atoms with Crippen LogP contribution in [0.15, 0.2) is 72.8 Å². The van der Waals surface area contributed by atoms with Gasteiger partial charge in [-0.05, 0) is 48.0 Å². The van der Waals surface area contributed by atoms with Crippen LogP contribution in [0.3, 0.4) is 0 Å². The number of anilines is 1. The summed E-state index contributed by atoms with van der Waals surface area (Å²) in [7, 11) is 1.60. The second-order valence-electron chi connectivity index (χ2n) is 6.67. The molecule has 4 aromatic rings. The molecule has 8 heteroatoms. The number of carbonyl (C=O) groups excluding carboxylic acids is 1. The van der Waals surface area contributed by atoms with Crippen LogP contribution in [0.2, 0.25) is 10.0 Å². The molecule has 0 unspecified atom stereocenters. The van der Waals surface area contributed by atoms with Gasteiger partial charge in [-0.3, -0.25) is 4.79 Å². The van der Waals surface area contributed by atoms with E-state index in [4.69, 9.17) is 27.9 Å². The minimum absolute atomic E-state index is 0.244. The zero-order valence-electron chi connectivity index (χ0n) is 16.5. The molecule has 4 rings (SSSR count). The number of nitrogens with zero attached hydrogens (tertiary/aromatic N) is 3. The molecule has 1 N–H and O–H groups in total. The third-order valence-electron chi connectivity index (χ3n) is 4.60. The Balaban J connectivity index is 1.71. The van der Waals surface area contributed by atoms with Crippen LogP contribution < -0.4 is 10.1 Å². The predicted molar refractivity (Wildman–Crippen MR) is 122 cm³/mol. The van der Waals surface area contributed by atoms with E-state index < -0.39 is 5.91 Å². The first kappa shape index (κ1) is 20.9. The molecule has 31 heavy (non-hydrogen) atoms. The summed E-state index contributed by atoms with van der Waals surface area (Å²) in [5, 5.41) is 8.34. The second kappa shape index (κ2) is 9.20. The van der Waals surface area contributed by atoms with Crippen molar-refractivity contribution in [3.05, 3.63) is 94.0 Å². The van der Waals surface area contributed by atoms with E-state index in [1.807, 2.05) is 54.6 Å². The van der Waals surface area contributed by atoms with Gasteiger partial charge in [-0.25, -0.2) is 0 Å². The largest absolute Gasteiger partial charge is 0.497 e. The number of nitrogens with one attached hydrogen (secondary N) is 1. The van der Waals surface area contributed by atoms with Gasteiger partial charge < -0.3 is 10.1 Å². The van der Waals surface area contributed by atoms with Crippen molar-refractivity contribution >= 4 is 35.1 Å². The van der Waals surface area contributed by atoms with Crippen LogP contribution in [0.4, 0.5) is 5.95 Å². The van der Waals surface area contributed by atoms with E-state index in [0.29, 0.717) is 23.3 Å². The van der Waals surface area contributed by atoms with Gasteiger partial charge in [0.15, 0.2) is 5.82 Å². The molecule has 0 aliphatic heterocycles. The van der Waals surface area contributed by atoms with E-state index in [9.17, 15) is 4.79 Å². The van der Waals surface area contributed by atoms with Crippen molar-refractivity contribution in [1.29, 1.82) is 0 Å². The lowest BCUT2D eigenvalue weighted by molar-refractivity contribution is 0.0947. The standard InChI is InChI=1S/C23H18Cl2N4O2/c1-31-18-10-7-16(8-11-18)21-27-23(26-14-15-5-3-2-4-6-15)29(28-21)22(30)19-12-9-17(24)13-20(19)25/h2-13H,14H2,1H3,(H,26,27,28). The number of carbonyl (C=O) groups is 1. The van der Waals surface area contributed by atoms with E-state index >= 15 is 0 Å². The normalized spacial score (nSPS) is 10.7. The first-order valence-corrected chi connectivity index (χ1v) is 10.2. The summed E-state index contributed by atoms with van der Waals surface area (Å²) in [5.41, 5.74) is 2.07. The molecule has 0 amide bonds. The minimum atomic E-state index is -0.413. The summed E-state index contributed by atoms with van der Waals surface area (Å²) in [4.78, 5) is 17.8. The van der Waals surface area contributed by atoms with E-state index in [-0.39, 0.29) is 10.6 Å². The molecule has 1 heterocycles. The Kier molecular flexibility index (Phi) is 6.21. The first-order valence-electron chi connectivity index (χ1n) is 9.44. The molecule has 0 saturated carbocycles. The summed E-state index contributed by atoms with van der Waals surface area (Å²) < 4.78 is 6.42. The Bertz CT molecular complexity index is 1210. The Hall–Kier alpha value is -3.35. The SMILES string of the molecule is COc1ccc(-c2nc(NCc3ccccc3)n(C(=O)c3ccc(Cl)cc3Cl)n2)cc1. The fourth-order valence-corrected chi connectivity index (χ4v) is 3.47. The highest BCUT2D eigenvalue weighted by Gasteiger charge is 2.21. The first-order chi connectivity index (χ1) is 15.0. The number of benzene rings is 3. The van der Waals surface area contributed by atoms with Gasteiger partial charge in [0.05, 0.1) is 17.7 Å². The highest BCUT2D eigenvalue weighted by atomic mass is 35.5. The topological polar surface area (TPSA) is 69.0 Å². The minimum Gasteiger partial charge on any atom is -0.497 e. The number of aromatic nitrogens is 3. The molecule has 0 saturated heterocycles. The Morgan fingerprint density at radius 2 is 1.77 bits per heavy atom. The lowest BCUT2D eigenvalue weighted by Gasteiger charge is -2.08. The van der Waals surface area contributed by atoms with Crippen LogP contribution in [0.5, 0.6) is 5.75 Å². The van der Waals surface area contributed by atoms with Crippen molar-refractivity contribution in [3.63, 3.8) is 0 Å². The van der Waals surface area contributed by atoms with Crippen molar-refractivity contribution in [3.8, 4) is 17.1 Å². The van der Waals surface area contributed by atoms with Gasteiger partial charge in [0.2, 0.25) is 5.95 Å². The van der Waals surface area contributed by atoms with Gasteiger partial charge in [-0.2, -0.15) is 9.67 Å². The van der Waals surface area contributed by atoms with Crippen molar-refractivity contribution in [1.82, 2.24) is 14.8 Å². The monoisotopic (exact) mass is 452 g/mol. The van der Waals surface area contributed by atoms with Gasteiger partial charge in [-0.1, -0.05) is 53.5 Å². The van der Waals surface area contributed by atoms with Crippen LogP contribution in [0, 0.1) is 0 Å². The van der Waals surface area contributed by atoms with Crippen molar-refractivity contribution in [2.75, 3.05) is 12.4 Å². The third-order valence-corrected chi connectivity index (χ3v) is 5.15. The number of halogens is 2. The Morgan fingerprint density at radius 1 is 1.03 bits per heavy atom. The van der Waals surface area contributed by atoms with Gasteiger partial charge in [0.1, 0.15) is 5.75 Å². The molecule has 156 valence electrons. The summed E-state index contributed by atoms with van der Waals surface area (Å²) >= 11 is 12.2. The molecule has 0 bridgehead atoms. The second-order valence-corrected chi connectivity index (χ2v) is 7.51. The fourth-order valence-electron chi connectivity index (χ4n) is 2.98. The van der Waals surface area contributed by atoms with E-state index in [1.54, 1.807) is 19.2 Å². The predicted octanol–water partition coefficient (Wildman–Crippen LogP) is 5.56. The van der Waals surface area contributed by atoms with Gasteiger partial charge in [0.25, 0.3) is 5.91 Å². The van der Waals surface area contributed by atoms with Crippen LogP contribution in [0.1, 0.15) is 15.9 Å². The summed E-state index contributed by atoms with van der Waals surface area (Å²) in [6.07, 6.45) is 0. The molecule has 3 aromatic carbocycles. The van der Waals surface area contributed by atoms with Gasteiger partial charge in [0, 0.05) is 17.1 Å². The maximum Gasteiger partial charge on any atom is 0.282 e. The highest BCUT2D eigenvalue weighted by molar-refractivity contribution is 6.36. The number of hydrogen-bond acceptors (Lipinski definition) is 5. The molecule has 0 fully saturated rings. The highest BCUT2D eigenvalue weighted by Crippen LogP contribution is 2.25. The smallest absolute Gasteiger partial charge is 0.282 e. The quantitative estimate of drug-likeness (QED) is 0.414. The molecule has 0 aliphatic carbocycles. The molecular formula is C23H18Cl2N4O2. The van der Waals surface area contributed by atoms with Crippen LogP contribution >= 0.6 is 23.2 Å². The number of rotatable bonds is 6. The zero-order chi connectivity index (χ0) is 21.8. The van der Waals surface area contributed by atoms with E-state index in [1.165, 1.54) is 10.7 Å². The lowest BCUT2D eigenvalue weighted by atomic mass is 10.2. The van der Waals surface area contributed by atoms with E-state index in [2.05, 4.69) is 15.4 Å². The molecule has 1 aromatic heterocycles. The summed E-state index contributed by atoms with van der Waals surface area (Å²) in [5.74, 6) is 1.02. The van der Waals surface area contributed by atoms with Gasteiger partial charge in [-0.15, -0.1) is 5.10 Å². The molecule has 0 atom stereocenters. The third kappa shape index (κ3) is 4.71. The Labute approximate surface area is 189 Å². The molecular weight excluding hydrogens is 435 g/mol. The van der Waals surface area contributed by atoms with Crippen molar-refractivity contribution in [2.24, 2.45) is 0 Å². The lowest BCUT2D eigenvalue weighted by Crippen LogP contribution is -2.18. The number of methoxy groups -OCH3 is 1. The zero-order valence-corrected chi connectivity index (χ0v) is 18.1.